The minimum Gasteiger partial charge on any atom is -0.292 e. The highest BCUT2D eigenvalue weighted by Gasteiger charge is 2.45. The zero-order chi connectivity index (χ0) is 18.2. The molecule has 0 N–H and O–H groups in total. The summed E-state index contributed by atoms with van der Waals surface area (Å²) in [5.74, 6) is -2.10. The summed E-state index contributed by atoms with van der Waals surface area (Å²) in [5.41, 5.74) is 3.28. The summed E-state index contributed by atoms with van der Waals surface area (Å²) in [6.07, 6.45) is 0. The third-order valence-electron chi connectivity index (χ3n) is 4.13. The number of urea groups is 1. The first-order valence-electron chi connectivity index (χ1n) is 7.91. The Kier molecular flexibility index (Phi) is 4.87. The lowest BCUT2D eigenvalue weighted by atomic mass is 9.98. The quantitative estimate of drug-likeness (QED) is 0.471. The summed E-state index contributed by atoms with van der Waals surface area (Å²) in [6.45, 7) is 9.09. The molecular weight excluding hydrogens is 308 g/mol. The molecular formula is C18H22N2O4. The zero-order valence-electron chi connectivity index (χ0n) is 14.7. The van der Waals surface area contributed by atoms with Gasteiger partial charge in [0.25, 0.3) is 0 Å². The molecule has 1 aromatic rings. The minimum atomic E-state index is -0.935. The number of hydrogen-bond donors (Lipinski definition) is 0. The fourth-order valence-electron chi connectivity index (χ4n) is 2.71. The van der Waals surface area contributed by atoms with Gasteiger partial charge in [-0.1, -0.05) is 19.9 Å². The Hall–Kier alpha value is -2.50. The summed E-state index contributed by atoms with van der Waals surface area (Å²) in [6, 6.07) is 2.94. The number of Topliss-reactive ketones (excluding diaryl/α,β-unsaturated/α-hetero) is 1. The molecule has 1 aromatic carbocycles. The molecule has 0 radical (unpaired) electrons. The van der Waals surface area contributed by atoms with Crippen molar-refractivity contribution >= 4 is 23.6 Å². The number of ketones is 1. The first-order chi connectivity index (χ1) is 11.1. The fraction of sp³-hybridized carbons (Fsp3) is 0.444. The molecule has 0 atom stereocenters. The van der Waals surface area contributed by atoms with E-state index >= 15 is 0 Å². The van der Waals surface area contributed by atoms with Crippen molar-refractivity contribution in [3.63, 3.8) is 0 Å². The van der Waals surface area contributed by atoms with Gasteiger partial charge < -0.3 is 0 Å². The van der Waals surface area contributed by atoms with Crippen LogP contribution < -0.4 is 0 Å². The third-order valence-corrected chi connectivity index (χ3v) is 4.13. The predicted octanol–water partition coefficient (Wildman–Crippen LogP) is 2.24. The molecule has 0 saturated carbocycles. The molecule has 0 spiro atoms. The van der Waals surface area contributed by atoms with Crippen molar-refractivity contribution in [2.75, 3.05) is 13.1 Å². The summed E-state index contributed by atoms with van der Waals surface area (Å²) >= 11 is 0. The molecule has 0 aromatic heterocycles. The molecule has 0 bridgehead atoms. The molecule has 6 heteroatoms. The van der Waals surface area contributed by atoms with Gasteiger partial charge in [-0.15, -0.1) is 0 Å². The molecule has 4 amide bonds. The zero-order valence-corrected chi connectivity index (χ0v) is 14.7. The number of nitrogens with zero attached hydrogens (tertiary/aromatic N) is 2. The van der Waals surface area contributed by atoms with Crippen molar-refractivity contribution in [3.8, 4) is 0 Å². The maximum atomic E-state index is 12.5. The van der Waals surface area contributed by atoms with E-state index in [0.717, 1.165) is 26.5 Å². The van der Waals surface area contributed by atoms with Crippen LogP contribution in [0.1, 0.15) is 40.9 Å². The monoisotopic (exact) mass is 330 g/mol. The van der Waals surface area contributed by atoms with E-state index in [1.54, 1.807) is 6.07 Å². The van der Waals surface area contributed by atoms with Crippen LogP contribution in [-0.4, -0.2) is 46.5 Å². The Morgan fingerprint density at radius 2 is 1.46 bits per heavy atom. The van der Waals surface area contributed by atoms with E-state index in [1.165, 1.54) is 0 Å². The summed E-state index contributed by atoms with van der Waals surface area (Å²) in [5, 5.41) is 0. The van der Waals surface area contributed by atoms with Gasteiger partial charge in [-0.25, -0.2) is 9.69 Å². The van der Waals surface area contributed by atoms with Crippen LogP contribution >= 0.6 is 0 Å². The summed E-state index contributed by atoms with van der Waals surface area (Å²) < 4.78 is 0. The van der Waals surface area contributed by atoms with Gasteiger partial charge in [-0.2, -0.15) is 0 Å². The number of amides is 4. The van der Waals surface area contributed by atoms with Crippen molar-refractivity contribution in [1.82, 2.24) is 9.80 Å². The van der Waals surface area contributed by atoms with E-state index in [9.17, 15) is 19.2 Å². The lowest BCUT2D eigenvalue weighted by Crippen LogP contribution is -2.38. The largest absolute Gasteiger partial charge is 0.334 e. The van der Waals surface area contributed by atoms with Gasteiger partial charge in [0.2, 0.25) is 0 Å². The molecule has 1 aliphatic heterocycles. The topological polar surface area (TPSA) is 74.8 Å². The van der Waals surface area contributed by atoms with Crippen LogP contribution in [0, 0.1) is 26.7 Å². The van der Waals surface area contributed by atoms with Gasteiger partial charge in [0.15, 0.2) is 5.78 Å². The minimum absolute atomic E-state index is 0.0448. The Balaban J connectivity index is 2.23. The first-order valence-corrected chi connectivity index (χ1v) is 7.91. The van der Waals surface area contributed by atoms with Crippen molar-refractivity contribution in [2.45, 2.75) is 34.6 Å². The molecule has 128 valence electrons. The normalized spacial score (nSPS) is 15.0. The fourth-order valence-corrected chi connectivity index (χ4v) is 2.71. The third kappa shape index (κ3) is 3.22. The summed E-state index contributed by atoms with van der Waals surface area (Å²) in [4.78, 5) is 50.5. The molecule has 0 aliphatic carbocycles. The van der Waals surface area contributed by atoms with Gasteiger partial charge in [0.1, 0.15) is 0 Å². The number of benzene rings is 1. The van der Waals surface area contributed by atoms with Crippen molar-refractivity contribution in [3.05, 3.63) is 34.4 Å². The van der Waals surface area contributed by atoms with Crippen molar-refractivity contribution in [1.29, 1.82) is 0 Å². The molecule has 1 heterocycles. The lowest BCUT2D eigenvalue weighted by molar-refractivity contribution is -0.143. The van der Waals surface area contributed by atoms with Gasteiger partial charge in [-0.05, 0) is 49.4 Å². The highest BCUT2D eigenvalue weighted by Crippen LogP contribution is 2.19. The van der Waals surface area contributed by atoms with Gasteiger partial charge in [0, 0.05) is 12.1 Å². The highest BCUT2D eigenvalue weighted by molar-refractivity contribution is 6.45. The molecule has 24 heavy (non-hydrogen) atoms. The molecule has 2 rings (SSSR count). The van der Waals surface area contributed by atoms with Crippen LogP contribution in [0.15, 0.2) is 12.1 Å². The van der Waals surface area contributed by atoms with E-state index in [4.69, 9.17) is 0 Å². The van der Waals surface area contributed by atoms with Gasteiger partial charge in [0.05, 0.1) is 6.54 Å². The molecule has 1 saturated heterocycles. The van der Waals surface area contributed by atoms with Crippen LogP contribution in [-0.2, 0) is 9.59 Å². The maximum absolute atomic E-state index is 12.5. The average Bonchev–Trinajstić information content (AvgIpc) is 2.68. The van der Waals surface area contributed by atoms with Crippen LogP contribution in [0.25, 0.3) is 0 Å². The number of imide groups is 2. The average molecular weight is 330 g/mol. The number of carbonyl (C=O) groups excluding carboxylic acids is 4. The number of rotatable bonds is 5. The van der Waals surface area contributed by atoms with Crippen molar-refractivity contribution < 1.29 is 19.2 Å². The Bertz CT molecular complexity index is 737. The number of aryl methyl sites for hydroxylation is 3. The smallest absolute Gasteiger partial charge is 0.292 e. The van der Waals surface area contributed by atoms with Gasteiger partial charge in [-0.3, -0.25) is 19.3 Å². The maximum Gasteiger partial charge on any atom is 0.334 e. The Labute approximate surface area is 141 Å². The molecule has 1 fully saturated rings. The summed E-state index contributed by atoms with van der Waals surface area (Å²) in [7, 11) is 0. The van der Waals surface area contributed by atoms with Crippen LogP contribution in [0.5, 0.6) is 0 Å². The van der Waals surface area contributed by atoms with Gasteiger partial charge >= 0.3 is 17.8 Å². The lowest BCUT2D eigenvalue weighted by Gasteiger charge is -2.17. The second-order valence-electron chi connectivity index (χ2n) is 6.66. The van der Waals surface area contributed by atoms with E-state index in [-0.39, 0.29) is 18.2 Å². The van der Waals surface area contributed by atoms with E-state index in [0.29, 0.717) is 5.56 Å². The first kappa shape index (κ1) is 17.8. The second kappa shape index (κ2) is 6.55. The Morgan fingerprint density at radius 1 is 0.917 bits per heavy atom. The standard InChI is InChI=1S/C18H22N2O4/c1-10(2)8-19-16(22)17(23)20(18(19)24)9-15(21)14-7-12(4)11(3)6-13(14)5/h6-7,10H,8-9H2,1-5H3. The van der Waals surface area contributed by atoms with Crippen LogP contribution in [0.3, 0.4) is 0 Å². The van der Waals surface area contributed by atoms with E-state index in [2.05, 4.69) is 0 Å². The predicted molar refractivity (Wildman–Crippen MR) is 88.6 cm³/mol. The Morgan fingerprint density at radius 3 is 2.04 bits per heavy atom. The van der Waals surface area contributed by atoms with Crippen molar-refractivity contribution in [2.24, 2.45) is 5.92 Å². The number of carbonyl (C=O) groups is 4. The number of hydrogen-bond acceptors (Lipinski definition) is 4. The van der Waals surface area contributed by atoms with E-state index in [1.807, 2.05) is 40.7 Å². The second-order valence-corrected chi connectivity index (χ2v) is 6.66. The van der Waals surface area contributed by atoms with Crippen LogP contribution in [0.4, 0.5) is 4.79 Å². The SMILES string of the molecule is Cc1cc(C)c(C(=O)CN2C(=O)C(=O)N(CC(C)C)C2=O)cc1C. The molecule has 0 unspecified atom stereocenters. The molecule has 1 aliphatic rings. The molecule has 6 nitrogen and oxygen atoms in total. The van der Waals surface area contributed by atoms with Crippen LogP contribution in [0.2, 0.25) is 0 Å². The highest BCUT2D eigenvalue weighted by atomic mass is 16.2. The van der Waals surface area contributed by atoms with E-state index < -0.39 is 24.4 Å².